The predicted molar refractivity (Wildman–Crippen MR) is 106 cm³/mol. The summed E-state index contributed by atoms with van der Waals surface area (Å²) in [4.78, 5) is 0. The zero-order valence-electron chi connectivity index (χ0n) is 16.3. The summed E-state index contributed by atoms with van der Waals surface area (Å²) in [5.41, 5.74) is 0. The van der Waals surface area contributed by atoms with Crippen molar-refractivity contribution in [3.63, 3.8) is 0 Å². The summed E-state index contributed by atoms with van der Waals surface area (Å²) in [5.74, 6) is 0.849. The molecule has 0 aliphatic heterocycles. The number of hydrogen-bond donors (Lipinski definition) is 1. The molecule has 0 aliphatic carbocycles. The summed E-state index contributed by atoms with van der Waals surface area (Å²) in [6.45, 7) is 15.7. The van der Waals surface area contributed by atoms with Crippen LogP contribution in [0.15, 0.2) is 0 Å². The second-order valence-corrected chi connectivity index (χ2v) is 9.22. The highest BCUT2D eigenvalue weighted by molar-refractivity contribution is 7.80. The van der Waals surface area contributed by atoms with Crippen LogP contribution in [0.5, 0.6) is 0 Å². The van der Waals surface area contributed by atoms with Gasteiger partial charge < -0.3 is 26.6 Å². The molecule has 6 nitrogen and oxygen atoms in total. The van der Waals surface area contributed by atoms with Gasteiger partial charge in [-0.1, -0.05) is 0 Å². The summed E-state index contributed by atoms with van der Waals surface area (Å²) in [6.07, 6.45) is 0.981. The summed E-state index contributed by atoms with van der Waals surface area (Å²) in [5, 5.41) is 0. The van der Waals surface area contributed by atoms with Crippen molar-refractivity contribution in [3.8, 4) is 0 Å². The van der Waals surface area contributed by atoms with Crippen LogP contribution in [0, 0.1) is 0 Å². The van der Waals surface area contributed by atoms with Gasteiger partial charge in [-0.2, -0.15) is 12.6 Å². The van der Waals surface area contributed by atoms with E-state index in [0.717, 1.165) is 18.2 Å². The van der Waals surface area contributed by atoms with E-state index in [4.69, 9.17) is 26.6 Å². The summed E-state index contributed by atoms with van der Waals surface area (Å²) in [6, 6.07) is 0.867. The molecule has 0 rings (SSSR count). The van der Waals surface area contributed by atoms with Gasteiger partial charge in [0.2, 0.25) is 0 Å². The minimum atomic E-state index is -2.37. The molecule has 148 valence electrons. The predicted octanol–water partition coefficient (Wildman–Crippen LogP) is 3.17. The average molecular weight is 403 g/mol. The lowest BCUT2D eigenvalue weighted by molar-refractivity contribution is 0.0712. The van der Waals surface area contributed by atoms with E-state index >= 15 is 0 Å². The van der Waals surface area contributed by atoms with Gasteiger partial charge in [-0.15, -0.1) is 0 Å². The molecule has 0 heterocycles. The maximum atomic E-state index is 5.67. The summed E-state index contributed by atoms with van der Waals surface area (Å²) >= 11 is 4.19. The molecular weight excluding hydrogens is 364 g/mol. The van der Waals surface area contributed by atoms with Gasteiger partial charge in [0.1, 0.15) is 0 Å². The van der Waals surface area contributed by atoms with Crippen LogP contribution in [0.4, 0.5) is 0 Å². The lowest BCUT2D eigenvalue weighted by Crippen LogP contribution is -2.46. The molecule has 0 aliphatic rings. The van der Waals surface area contributed by atoms with Gasteiger partial charge in [0.05, 0.1) is 0 Å². The molecule has 0 spiro atoms. The fraction of sp³-hybridized carbons (Fsp3) is 1.00. The Morgan fingerprint density at radius 3 is 1.29 bits per heavy atom. The third-order valence-corrected chi connectivity index (χ3v) is 7.93. The molecule has 0 amide bonds. The van der Waals surface area contributed by atoms with Gasteiger partial charge in [-0.05, 0) is 53.7 Å². The third-order valence-electron chi connectivity index (χ3n) is 2.64. The van der Waals surface area contributed by atoms with Crippen LogP contribution >= 0.6 is 12.6 Å². The van der Waals surface area contributed by atoms with Gasteiger partial charge in [0.25, 0.3) is 0 Å². The van der Waals surface area contributed by atoms with Crippen LogP contribution in [0.2, 0.25) is 6.04 Å². The largest absolute Gasteiger partial charge is 0.500 e. The zero-order chi connectivity index (χ0) is 18.7. The Bertz CT molecular complexity index is 221. The second kappa shape index (κ2) is 19.9. The van der Waals surface area contributed by atoms with Crippen LogP contribution in [0.25, 0.3) is 0 Å². The van der Waals surface area contributed by atoms with Crippen molar-refractivity contribution in [3.05, 3.63) is 0 Å². The average Bonchev–Trinajstić information content (AvgIpc) is 2.55. The van der Waals surface area contributed by atoms with Crippen molar-refractivity contribution in [2.45, 2.75) is 54.0 Å². The molecule has 0 saturated carbocycles. The highest BCUT2D eigenvalue weighted by Crippen LogP contribution is 2.18. The maximum absolute atomic E-state index is 5.67. The molecule has 0 fully saturated rings. The lowest BCUT2D eigenvalue weighted by atomic mass is 10.6. The minimum absolute atomic E-state index is 0.652. The SMILES string of the molecule is CCO[SiH](OCC)OCC.CCO[Si](CCCS)(OCC)OCC. The van der Waals surface area contributed by atoms with E-state index in [1.165, 1.54) is 0 Å². The first kappa shape index (κ1) is 26.8. The van der Waals surface area contributed by atoms with E-state index in [0.29, 0.717) is 39.6 Å². The molecule has 9 heteroatoms. The summed E-state index contributed by atoms with van der Waals surface area (Å²) in [7, 11) is -4.10. The van der Waals surface area contributed by atoms with E-state index in [2.05, 4.69) is 12.6 Å². The van der Waals surface area contributed by atoms with E-state index in [-0.39, 0.29) is 0 Å². The van der Waals surface area contributed by atoms with E-state index < -0.39 is 18.3 Å². The quantitative estimate of drug-likeness (QED) is 0.335. The van der Waals surface area contributed by atoms with Gasteiger partial charge in [0.15, 0.2) is 0 Å². The molecule has 0 unspecified atom stereocenters. The Morgan fingerprint density at radius 2 is 1.04 bits per heavy atom. The van der Waals surface area contributed by atoms with E-state index in [1.54, 1.807) is 0 Å². The van der Waals surface area contributed by atoms with Gasteiger partial charge in [0, 0.05) is 45.7 Å². The van der Waals surface area contributed by atoms with Gasteiger partial charge in [-0.25, -0.2) is 0 Å². The molecule has 0 radical (unpaired) electrons. The van der Waals surface area contributed by atoms with Crippen LogP contribution in [-0.2, 0) is 26.6 Å². The molecule has 0 aromatic rings. The van der Waals surface area contributed by atoms with Crippen LogP contribution in [0.3, 0.4) is 0 Å². The second-order valence-electron chi connectivity index (χ2n) is 4.46. The smallest absolute Gasteiger partial charge is 0.376 e. The fourth-order valence-electron chi connectivity index (χ4n) is 1.85. The minimum Gasteiger partial charge on any atom is -0.376 e. The molecular formula is C15H38O6SSi2. The molecule has 24 heavy (non-hydrogen) atoms. The highest BCUT2D eigenvalue weighted by atomic mass is 32.1. The molecule has 0 N–H and O–H groups in total. The van der Waals surface area contributed by atoms with Crippen LogP contribution in [0.1, 0.15) is 48.0 Å². The van der Waals surface area contributed by atoms with E-state index in [1.807, 2.05) is 41.5 Å². The zero-order valence-corrected chi connectivity index (χ0v) is 19.4. The van der Waals surface area contributed by atoms with Crippen molar-refractivity contribution in [1.29, 1.82) is 0 Å². The van der Waals surface area contributed by atoms with Crippen molar-refractivity contribution in [2.75, 3.05) is 45.4 Å². The fourth-order valence-corrected chi connectivity index (χ4v) is 6.02. The molecule has 0 atom stereocenters. The first-order valence-corrected chi connectivity index (χ1v) is 12.9. The number of thiol groups is 1. The summed E-state index contributed by atoms with van der Waals surface area (Å²) < 4.78 is 32.7. The maximum Gasteiger partial charge on any atom is 0.500 e. The Balaban J connectivity index is 0. The molecule has 0 aromatic heterocycles. The van der Waals surface area contributed by atoms with Gasteiger partial charge in [-0.3, -0.25) is 0 Å². The topological polar surface area (TPSA) is 55.4 Å². The third kappa shape index (κ3) is 14.9. The van der Waals surface area contributed by atoms with Crippen molar-refractivity contribution < 1.29 is 26.6 Å². The molecule has 0 bridgehead atoms. The Hall–Kier alpha value is 0.544. The van der Waals surface area contributed by atoms with Crippen LogP contribution in [-0.4, -0.2) is 63.7 Å². The first-order valence-electron chi connectivity index (χ1n) is 8.96. The van der Waals surface area contributed by atoms with E-state index in [9.17, 15) is 0 Å². The van der Waals surface area contributed by atoms with Crippen LogP contribution < -0.4 is 0 Å². The standard InChI is InChI=1S/C9H22O3SSi.C6H16O3Si/c1-4-10-14(11-5-2,12-6-3)9-7-8-13;1-4-7-10(8-5-2)9-6-3/h13H,4-9H2,1-3H3;10H,4-6H2,1-3H3. The normalized spacial score (nSPS) is 11.5. The lowest BCUT2D eigenvalue weighted by Gasteiger charge is -2.28. The van der Waals surface area contributed by atoms with Crippen molar-refractivity contribution in [2.24, 2.45) is 0 Å². The monoisotopic (exact) mass is 402 g/mol. The molecule has 0 aromatic carbocycles. The van der Waals surface area contributed by atoms with Gasteiger partial charge >= 0.3 is 18.3 Å². The Morgan fingerprint density at radius 1 is 0.667 bits per heavy atom. The molecule has 0 saturated heterocycles. The van der Waals surface area contributed by atoms with Crippen molar-refractivity contribution >= 4 is 31.0 Å². The Kier molecular flexibility index (Phi) is 22.2. The first-order chi connectivity index (χ1) is 11.6. The van der Waals surface area contributed by atoms with Crippen molar-refractivity contribution in [1.82, 2.24) is 0 Å². The Labute approximate surface area is 157 Å². The number of hydrogen-bond acceptors (Lipinski definition) is 7. The highest BCUT2D eigenvalue weighted by Gasteiger charge is 2.39. The number of rotatable bonds is 15.